The number of rotatable bonds is 3. The highest BCUT2D eigenvalue weighted by Crippen LogP contribution is 2.40. The SMILES string of the molecule is CN1CCN(c2ncc3c(n2)C2(CCN(Cc4ccc(O)c(F)c4)C2)COC3)CC1. The molecule has 0 bridgehead atoms. The molecular formula is C22H28FN5O2. The van der Waals surface area contributed by atoms with Gasteiger partial charge in [0.05, 0.1) is 24.3 Å². The number of likely N-dealkylation sites (N-methyl/N-ethyl adjacent to an activating group) is 1. The number of nitrogens with zero attached hydrogens (tertiary/aromatic N) is 5. The summed E-state index contributed by atoms with van der Waals surface area (Å²) in [4.78, 5) is 16.6. The van der Waals surface area contributed by atoms with Crippen LogP contribution in [0.2, 0.25) is 0 Å². The molecule has 160 valence electrons. The maximum atomic E-state index is 13.7. The lowest BCUT2D eigenvalue weighted by molar-refractivity contribution is 0.0502. The number of anilines is 1. The molecule has 2 saturated heterocycles. The van der Waals surface area contributed by atoms with Gasteiger partial charge in [-0.25, -0.2) is 14.4 Å². The molecule has 0 aliphatic carbocycles. The standard InChI is InChI=1S/C22H28FN5O2/c1-26-6-8-28(9-7-26)21-24-11-17-13-30-15-22(20(17)25-21)4-5-27(14-22)12-16-2-3-19(29)18(23)10-16/h2-3,10-11,29H,4-9,12-15H2,1H3. The van der Waals surface area contributed by atoms with E-state index in [-0.39, 0.29) is 11.2 Å². The van der Waals surface area contributed by atoms with Crippen LogP contribution in [0.15, 0.2) is 24.4 Å². The van der Waals surface area contributed by atoms with Gasteiger partial charge >= 0.3 is 0 Å². The van der Waals surface area contributed by atoms with Gasteiger partial charge in [0.1, 0.15) is 0 Å². The Labute approximate surface area is 176 Å². The van der Waals surface area contributed by atoms with Crippen molar-refractivity contribution in [3.8, 4) is 5.75 Å². The molecule has 0 saturated carbocycles. The highest BCUT2D eigenvalue weighted by atomic mass is 19.1. The molecule has 5 rings (SSSR count). The van der Waals surface area contributed by atoms with Crippen LogP contribution in [0.4, 0.5) is 10.3 Å². The van der Waals surface area contributed by atoms with Gasteiger partial charge in [0.15, 0.2) is 11.6 Å². The molecule has 0 amide bonds. The molecule has 8 heteroatoms. The molecule has 1 N–H and O–H groups in total. The van der Waals surface area contributed by atoms with Crippen LogP contribution in [0, 0.1) is 5.82 Å². The summed E-state index contributed by atoms with van der Waals surface area (Å²) in [6.07, 6.45) is 2.90. The van der Waals surface area contributed by atoms with Crippen LogP contribution >= 0.6 is 0 Å². The van der Waals surface area contributed by atoms with Crippen LogP contribution in [-0.2, 0) is 23.3 Å². The van der Waals surface area contributed by atoms with Crippen molar-refractivity contribution in [2.24, 2.45) is 0 Å². The first-order chi connectivity index (χ1) is 14.5. The number of halogens is 1. The average molecular weight is 413 g/mol. The van der Waals surface area contributed by atoms with Crippen LogP contribution in [-0.4, -0.2) is 77.8 Å². The van der Waals surface area contributed by atoms with Crippen LogP contribution < -0.4 is 4.90 Å². The lowest BCUT2D eigenvalue weighted by Gasteiger charge is -2.36. The van der Waals surface area contributed by atoms with E-state index in [9.17, 15) is 9.50 Å². The number of aromatic nitrogens is 2. The second kappa shape index (κ2) is 7.76. The lowest BCUT2D eigenvalue weighted by atomic mass is 9.80. The van der Waals surface area contributed by atoms with Crippen LogP contribution in [0.3, 0.4) is 0 Å². The smallest absolute Gasteiger partial charge is 0.225 e. The van der Waals surface area contributed by atoms with E-state index in [0.29, 0.717) is 19.8 Å². The largest absolute Gasteiger partial charge is 0.505 e. The van der Waals surface area contributed by atoms with E-state index in [1.165, 1.54) is 12.1 Å². The Morgan fingerprint density at radius 2 is 2.03 bits per heavy atom. The second-order valence-electron chi connectivity index (χ2n) is 8.85. The van der Waals surface area contributed by atoms with Gasteiger partial charge in [-0.05, 0) is 37.7 Å². The minimum absolute atomic E-state index is 0.146. The van der Waals surface area contributed by atoms with E-state index in [4.69, 9.17) is 9.72 Å². The maximum absolute atomic E-state index is 13.7. The first-order valence-electron chi connectivity index (χ1n) is 10.6. The van der Waals surface area contributed by atoms with Crippen LogP contribution in [0.5, 0.6) is 5.75 Å². The molecule has 0 radical (unpaired) electrons. The minimum atomic E-state index is -0.572. The van der Waals surface area contributed by atoms with Gasteiger partial charge in [-0.2, -0.15) is 0 Å². The normalized spacial score (nSPS) is 25.1. The van der Waals surface area contributed by atoms with Crippen molar-refractivity contribution in [1.29, 1.82) is 0 Å². The van der Waals surface area contributed by atoms with Crippen LogP contribution in [0.25, 0.3) is 0 Å². The molecule has 4 heterocycles. The minimum Gasteiger partial charge on any atom is -0.505 e. The maximum Gasteiger partial charge on any atom is 0.225 e. The number of aromatic hydroxyl groups is 1. The molecule has 2 fully saturated rings. The van der Waals surface area contributed by atoms with Crippen molar-refractivity contribution < 1.29 is 14.2 Å². The van der Waals surface area contributed by atoms with Gasteiger partial charge in [0.25, 0.3) is 0 Å². The van der Waals surface area contributed by atoms with E-state index in [0.717, 1.165) is 68.5 Å². The summed E-state index contributed by atoms with van der Waals surface area (Å²) in [7, 11) is 2.14. The molecule has 7 nitrogen and oxygen atoms in total. The number of ether oxygens (including phenoxy) is 1. The number of likely N-dealkylation sites (tertiary alicyclic amines) is 1. The summed E-state index contributed by atoms with van der Waals surface area (Å²) < 4.78 is 19.7. The molecule has 2 aromatic rings. The number of benzene rings is 1. The van der Waals surface area contributed by atoms with E-state index in [1.807, 2.05) is 6.20 Å². The quantitative estimate of drug-likeness (QED) is 0.822. The van der Waals surface area contributed by atoms with E-state index in [1.54, 1.807) is 6.07 Å². The average Bonchev–Trinajstić information content (AvgIpc) is 3.14. The van der Waals surface area contributed by atoms with E-state index < -0.39 is 5.82 Å². The number of hydrogen-bond donors (Lipinski definition) is 1. The Morgan fingerprint density at radius 3 is 2.83 bits per heavy atom. The molecule has 1 aromatic heterocycles. The predicted octanol–water partition coefficient (Wildman–Crippen LogP) is 1.75. The monoisotopic (exact) mass is 413 g/mol. The number of hydrogen-bond acceptors (Lipinski definition) is 7. The molecule has 1 aromatic carbocycles. The fourth-order valence-corrected chi connectivity index (χ4v) is 4.86. The van der Waals surface area contributed by atoms with Gasteiger partial charge in [0, 0.05) is 51.0 Å². The number of phenolic OH excluding ortho intramolecular Hbond substituents is 1. The molecule has 3 aliphatic heterocycles. The summed E-state index contributed by atoms with van der Waals surface area (Å²) in [6, 6.07) is 4.62. The van der Waals surface area contributed by atoms with E-state index in [2.05, 4.69) is 26.7 Å². The van der Waals surface area contributed by atoms with Crippen molar-refractivity contribution in [2.45, 2.75) is 25.0 Å². The van der Waals surface area contributed by atoms with Crippen molar-refractivity contribution in [1.82, 2.24) is 19.8 Å². The zero-order valence-corrected chi connectivity index (χ0v) is 17.3. The fraction of sp³-hybridized carbons (Fsp3) is 0.545. The molecule has 1 atom stereocenters. The summed E-state index contributed by atoms with van der Waals surface area (Å²) in [5.41, 5.74) is 2.92. The summed E-state index contributed by atoms with van der Waals surface area (Å²) in [6.45, 7) is 7.50. The molecule has 3 aliphatic rings. The van der Waals surface area contributed by atoms with Crippen molar-refractivity contribution in [3.05, 3.63) is 47.0 Å². The van der Waals surface area contributed by atoms with Crippen molar-refractivity contribution in [2.75, 3.05) is 57.8 Å². The van der Waals surface area contributed by atoms with Gasteiger partial charge in [-0.1, -0.05) is 6.07 Å². The van der Waals surface area contributed by atoms with Crippen LogP contribution in [0.1, 0.15) is 23.2 Å². The third-order valence-corrected chi connectivity index (χ3v) is 6.63. The fourth-order valence-electron chi connectivity index (χ4n) is 4.86. The topological polar surface area (TPSA) is 65.0 Å². The van der Waals surface area contributed by atoms with Gasteiger partial charge in [0.2, 0.25) is 5.95 Å². The number of phenols is 1. The first kappa shape index (κ1) is 19.7. The molecule has 1 unspecified atom stereocenters. The third-order valence-electron chi connectivity index (χ3n) is 6.63. The predicted molar refractivity (Wildman–Crippen MR) is 111 cm³/mol. The van der Waals surface area contributed by atoms with E-state index >= 15 is 0 Å². The Hall–Kier alpha value is -2.29. The Morgan fingerprint density at radius 1 is 1.20 bits per heavy atom. The van der Waals surface area contributed by atoms with Gasteiger partial charge < -0.3 is 19.6 Å². The molecular weight excluding hydrogens is 385 g/mol. The highest BCUT2D eigenvalue weighted by molar-refractivity contribution is 5.39. The third kappa shape index (κ3) is 3.64. The van der Waals surface area contributed by atoms with Gasteiger partial charge in [-0.15, -0.1) is 0 Å². The number of fused-ring (bicyclic) bond motifs is 2. The molecule has 30 heavy (non-hydrogen) atoms. The first-order valence-corrected chi connectivity index (χ1v) is 10.6. The number of piperazine rings is 1. The second-order valence-corrected chi connectivity index (χ2v) is 8.85. The zero-order valence-electron chi connectivity index (χ0n) is 17.3. The highest BCUT2D eigenvalue weighted by Gasteiger charge is 2.45. The Balaban J connectivity index is 1.37. The Kier molecular flexibility index (Phi) is 5.08. The lowest BCUT2D eigenvalue weighted by Crippen LogP contribution is -2.46. The Bertz CT molecular complexity index is 934. The van der Waals surface area contributed by atoms with Crippen molar-refractivity contribution >= 4 is 5.95 Å². The molecule has 1 spiro atoms. The summed E-state index contributed by atoms with van der Waals surface area (Å²) in [5.74, 6) is -0.0566. The summed E-state index contributed by atoms with van der Waals surface area (Å²) >= 11 is 0. The zero-order chi connectivity index (χ0) is 20.7. The van der Waals surface area contributed by atoms with Crippen molar-refractivity contribution in [3.63, 3.8) is 0 Å². The summed E-state index contributed by atoms with van der Waals surface area (Å²) in [5, 5.41) is 9.43. The van der Waals surface area contributed by atoms with Gasteiger partial charge in [-0.3, -0.25) is 4.90 Å².